The van der Waals surface area contributed by atoms with Crippen LogP contribution in [-0.2, 0) is 8.85 Å². The molecule has 0 saturated carbocycles. The first-order valence-corrected chi connectivity index (χ1v) is 6.87. The molecule has 0 aromatic rings. The van der Waals surface area contributed by atoms with Gasteiger partial charge in [-0.1, -0.05) is 6.08 Å². The van der Waals surface area contributed by atoms with Crippen LogP contribution in [0.4, 0.5) is 0 Å². The van der Waals surface area contributed by atoms with E-state index in [1.807, 2.05) is 13.8 Å². The first-order valence-electron chi connectivity index (χ1n) is 4.85. The van der Waals surface area contributed by atoms with E-state index in [0.29, 0.717) is 6.04 Å². The third-order valence-corrected chi connectivity index (χ3v) is 6.30. The van der Waals surface area contributed by atoms with Gasteiger partial charge in [0.15, 0.2) is 0 Å². The summed E-state index contributed by atoms with van der Waals surface area (Å²) in [7, 11) is -1.00. The fraction of sp³-hybridized carbons (Fsp3) is 0.800. The Morgan fingerprint density at radius 1 is 1.50 bits per heavy atom. The van der Waals surface area contributed by atoms with Gasteiger partial charge in [0.25, 0.3) is 0 Å². The van der Waals surface area contributed by atoms with E-state index >= 15 is 0 Å². The highest BCUT2D eigenvalue weighted by atomic mass is 28.4. The van der Waals surface area contributed by atoms with Crippen molar-refractivity contribution in [3.8, 4) is 0 Å². The smallest absolute Gasteiger partial charge is 0.374 e. The summed E-state index contributed by atoms with van der Waals surface area (Å²) in [5.41, 5.74) is 0. The van der Waals surface area contributed by atoms with E-state index in [-0.39, 0.29) is 6.10 Å². The summed E-state index contributed by atoms with van der Waals surface area (Å²) in [5, 5.41) is 9.14. The molecule has 84 valence electrons. The number of allylic oxidation sites excluding steroid dienone is 1. The summed E-state index contributed by atoms with van der Waals surface area (Å²) < 4.78 is 11.2. The van der Waals surface area contributed by atoms with Gasteiger partial charge in [-0.3, -0.25) is 0 Å². The van der Waals surface area contributed by atoms with Crippen molar-refractivity contribution in [3.63, 3.8) is 0 Å². The molecule has 1 unspecified atom stereocenters. The molecule has 0 aliphatic heterocycles. The van der Waals surface area contributed by atoms with Crippen LogP contribution >= 0.6 is 0 Å². The molecule has 14 heavy (non-hydrogen) atoms. The summed E-state index contributed by atoms with van der Waals surface area (Å²) in [5.74, 6) is 0. The molecular weight excluding hydrogens is 196 g/mol. The van der Waals surface area contributed by atoms with Crippen LogP contribution in [0.2, 0.25) is 6.04 Å². The largest absolute Gasteiger partial charge is 0.396 e. The van der Waals surface area contributed by atoms with Crippen LogP contribution in [0, 0.1) is 0 Å². The molecule has 4 heteroatoms. The molecule has 0 rings (SSSR count). The Balaban J connectivity index is 4.87. The maximum atomic E-state index is 10.1. The lowest BCUT2D eigenvalue weighted by atomic mass is 10.5. The molecule has 0 spiro atoms. The molecule has 1 atom stereocenters. The van der Waals surface area contributed by atoms with Gasteiger partial charge in [-0.15, -0.1) is 6.58 Å². The monoisotopic (exact) mass is 218 g/mol. The lowest BCUT2D eigenvalue weighted by Gasteiger charge is -2.39. The Morgan fingerprint density at radius 2 is 2.00 bits per heavy atom. The van der Waals surface area contributed by atoms with Gasteiger partial charge < -0.3 is 14.0 Å². The van der Waals surface area contributed by atoms with Crippen LogP contribution in [0.25, 0.3) is 0 Å². The highest BCUT2D eigenvalue weighted by Crippen LogP contribution is 2.27. The Morgan fingerprint density at radius 3 is 2.21 bits per heavy atom. The van der Waals surface area contributed by atoms with Gasteiger partial charge in [0.2, 0.25) is 0 Å². The normalized spacial score (nSPS) is 16.8. The molecule has 0 bridgehead atoms. The van der Waals surface area contributed by atoms with Gasteiger partial charge in [0.05, 0.1) is 0 Å². The van der Waals surface area contributed by atoms with Crippen LogP contribution in [0.15, 0.2) is 12.7 Å². The van der Waals surface area contributed by atoms with Crippen LogP contribution in [0.1, 0.15) is 27.7 Å². The zero-order valence-electron chi connectivity index (χ0n) is 9.83. The van der Waals surface area contributed by atoms with Crippen LogP contribution in [-0.4, -0.2) is 32.1 Å². The Labute approximate surface area is 88.0 Å². The van der Waals surface area contributed by atoms with Crippen molar-refractivity contribution in [3.05, 3.63) is 12.7 Å². The van der Waals surface area contributed by atoms with Gasteiger partial charge in [0.1, 0.15) is 5.22 Å². The van der Waals surface area contributed by atoms with Gasteiger partial charge in [-0.05, 0) is 27.7 Å². The van der Waals surface area contributed by atoms with Crippen molar-refractivity contribution in [1.29, 1.82) is 0 Å². The number of aliphatic hydroxyl groups is 1. The minimum absolute atomic E-state index is 0.0491. The molecule has 0 heterocycles. The van der Waals surface area contributed by atoms with Crippen LogP contribution in [0.5, 0.6) is 0 Å². The lowest BCUT2D eigenvalue weighted by Crippen LogP contribution is -2.60. The summed E-state index contributed by atoms with van der Waals surface area (Å²) in [6.07, 6.45) is 1.80. The molecule has 0 radical (unpaired) electrons. The highest BCUT2D eigenvalue weighted by molar-refractivity contribution is 6.70. The van der Waals surface area contributed by atoms with E-state index in [9.17, 15) is 5.11 Å². The Kier molecular flexibility index (Phi) is 5.01. The van der Waals surface area contributed by atoms with Crippen molar-refractivity contribution in [2.24, 2.45) is 0 Å². The fourth-order valence-corrected chi connectivity index (χ4v) is 4.18. The molecule has 0 aliphatic rings. The fourth-order valence-electron chi connectivity index (χ4n) is 1.39. The minimum atomic E-state index is -2.60. The molecule has 0 aromatic carbocycles. The summed E-state index contributed by atoms with van der Waals surface area (Å²) in [4.78, 5) is 0. The van der Waals surface area contributed by atoms with E-state index in [0.717, 1.165) is 0 Å². The molecule has 0 aliphatic carbocycles. The van der Waals surface area contributed by atoms with Crippen molar-refractivity contribution >= 4 is 8.56 Å². The Bertz CT molecular complexity index is 186. The van der Waals surface area contributed by atoms with E-state index < -0.39 is 13.8 Å². The maximum absolute atomic E-state index is 10.1. The average molecular weight is 218 g/mol. The second-order valence-corrected chi connectivity index (χ2v) is 7.96. The molecule has 0 amide bonds. The zero-order chi connectivity index (χ0) is 11.4. The van der Waals surface area contributed by atoms with Gasteiger partial charge in [0, 0.05) is 19.3 Å². The minimum Gasteiger partial charge on any atom is -0.396 e. The van der Waals surface area contributed by atoms with E-state index in [1.165, 1.54) is 0 Å². The first kappa shape index (κ1) is 13.8. The summed E-state index contributed by atoms with van der Waals surface area (Å²) in [6, 6.07) is 0.588. The topological polar surface area (TPSA) is 38.7 Å². The Hall–Kier alpha value is -0.163. The highest BCUT2D eigenvalue weighted by Gasteiger charge is 2.50. The molecule has 0 fully saturated rings. The van der Waals surface area contributed by atoms with Gasteiger partial charge in [-0.25, -0.2) is 0 Å². The molecule has 0 saturated heterocycles. The van der Waals surface area contributed by atoms with E-state index in [2.05, 4.69) is 6.58 Å². The van der Waals surface area contributed by atoms with Crippen molar-refractivity contribution < 1.29 is 14.0 Å². The summed E-state index contributed by atoms with van der Waals surface area (Å²) in [6.45, 7) is 11.0. The SMILES string of the molecule is C=CC[Si](OC)(OC(C)C)C(C)(C)O. The van der Waals surface area contributed by atoms with Crippen LogP contribution in [0.3, 0.4) is 0 Å². The molecular formula is C10H22O3Si. The van der Waals surface area contributed by atoms with Gasteiger partial charge >= 0.3 is 8.56 Å². The molecule has 3 nitrogen and oxygen atoms in total. The summed E-state index contributed by atoms with van der Waals surface area (Å²) >= 11 is 0. The zero-order valence-corrected chi connectivity index (χ0v) is 10.8. The predicted octanol–water partition coefficient (Wildman–Crippen LogP) is 2.00. The standard InChI is InChI=1S/C10H22O3Si/c1-7-8-14(12-6,10(4,5)11)13-9(2)3/h7,9,11H,1,8H2,2-6H3. The second kappa shape index (κ2) is 5.07. The second-order valence-electron chi connectivity index (χ2n) is 4.18. The molecule has 1 N–H and O–H groups in total. The number of hydrogen-bond acceptors (Lipinski definition) is 3. The van der Waals surface area contributed by atoms with Crippen molar-refractivity contribution in [2.45, 2.75) is 45.1 Å². The van der Waals surface area contributed by atoms with Gasteiger partial charge in [-0.2, -0.15) is 0 Å². The quantitative estimate of drug-likeness (QED) is 0.547. The van der Waals surface area contributed by atoms with Crippen LogP contribution < -0.4 is 0 Å². The first-order chi connectivity index (χ1) is 6.29. The van der Waals surface area contributed by atoms with E-state index in [4.69, 9.17) is 8.85 Å². The van der Waals surface area contributed by atoms with Crippen molar-refractivity contribution in [1.82, 2.24) is 0 Å². The maximum Gasteiger partial charge on any atom is 0.374 e. The average Bonchev–Trinajstić information content (AvgIpc) is 2.00. The number of hydrogen-bond donors (Lipinski definition) is 1. The lowest BCUT2D eigenvalue weighted by molar-refractivity contribution is 0.0521. The number of rotatable bonds is 6. The predicted molar refractivity (Wildman–Crippen MR) is 60.3 cm³/mol. The van der Waals surface area contributed by atoms with E-state index in [1.54, 1.807) is 27.0 Å². The third-order valence-electron chi connectivity index (χ3n) is 2.10. The third kappa shape index (κ3) is 3.20. The van der Waals surface area contributed by atoms with Crippen molar-refractivity contribution in [2.75, 3.05) is 7.11 Å². The molecule has 0 aromatic heterocycles.